The van der Waals surface area contributed by atoms with Gasteiger partial charge >= 0.3 is 0 Å². The third kappa shape index (κ3) is 5.61. The van der Waals surface area contributed by atoms with Gasteiger partial charge in [-0.1, -0.05) is 36.9 Å². The fourth-order valence-corrected chi connectivity index (χ4v) is 1.93. The summed E-state index contributed by atoms with van der Waals surface area (Å²) in [5, 5.41) is 3.93. The molecular weight excluding hydrogens is 304 g/mol. The van der Waals surface area contributed by atoms with Crippen LogP contribution in [-0.2, 0) is 4.79 Å². The Hall–Kier alpha value is -3.08. The zero-order chi connectivity index (χ0) is 17.2. The summed E-state index contributed by atoms with van der Waals surface area (Å²) in [6, 6.07) is 14.9. The molecule has 2 rings (SSSR count). The number of amides is 1. The largest absolute Gasteiger partial charge is 0.489 e. The van der Waals surface area contributed by atoms with E-state index in [-0.39, 0.29) is 12.5 Å². The number of hydrogen-bond donors (Lipinski definition) is 1. The number of rotatable bonds is 8. The highest BCUT2D eigenvalue weighted by Crippen LogP contribution is 2.15. The molecule has 0 radical (unpaired) electrons. The maximum Gasteiger partial charge on any atom is 0.277 e. The van der Waals surface area contributed by atoms with Crippen molar-refractivity contribution < 1.29 is 14.3 Å². The molecule has 0 unspecified atom stereocenters. The Kier molecular flexibility index (Phi) is 6.58. The van der Waals surface area contributed by atoms with E-state index in [4.69, 9.17) is 9.47 Å². The molecular formula is C19H20N2O3. The molecule has 0 saturated heterocycles. The van der Waals surface area contributed by atoms with Gasteiger partial charge in [0.2, 0.25) is 0 Å². The van der Waals surface area contributed by atoms with Gasteiger partial charge in [-0.2, -0.15) is 5.10 Å². The van der Waals surface area contributed by atoms with Gasteiger partial charge in [0, 0.05) is 5.56 Å². The van der Waals surface area contributed by atoms with Crippen molar-refractivity contribution in [2.24, 2.45) is 5.10 Å². The molecule has 0 saturated carbocycles. The minimum Gasteiger partial charge on any atom is -0.489 e. The Balaban J connectivity index is 1.85. The third-order valence-corrected chi connectivity index (χ3v) is 3.03. The number of ether oxygens (including phenoxy) is 2. The van der Waals surface area contributed by atoms with Crippen LogP contribution in [0.15, 0.2) is 66.3 Å². The molecule has 1 amide bonds. The molecule has 2 aromatic carbocycles. The summed E-state index contributed by atoms with van der Waals surface area (Å²) >= 11 is 0. The van der Waals surface area contributed by atoms with E-state index in [9.17, 15) is 4.79 Å². The highest BCUT2D eigenvalue weighted by Gasteiger charge is 2.02. The van der Waals surface area contributed by atoms with Crippen LogP contribution in [-0.4, -0.2) is 25.3 Å². The summed E-state index contributed by atoms with van der Waals surface area (Å²) in [5.74, 6) is 0.987. The molecule has 0 aliphatic heterocycles. The lowest BCUT2D eigenvalue weighted by Crippen LogP contribution is -2.24. The Bertz CT molecular complexity index is 726. The first-order chi connectivity index (χ1) is 11.7. The van der Waals surface area contributed by atoms with E-state index in [0.717, 1.165) is 11.1 Å². The van der Waals surface area contributed by atoms with E-state index in [1.165, 1.54) is 6.21 Å². The van der Waals surface area contributed by atoms with E-state index in [2.05, 4.69) is 17.1 Å². The molecule has 1 N–H and O–H groups in total. The van der Waals surface area contributed by atoms with Crippen molar-refractivity contribution in [3.05, 3.63) is 72.3 Å². The van der Waals surface area contributed by atoms with E-state index >= 15 is 0 Å². The van der Waals surface area contributed by atoms with Crippen LogP contribution < -0.4 is 14.9 Å². The van der Waals surface area contributed by atoms with Crippen LogP contribution >= 0.6 is 0 Å². The SMILES string of the molecule is C=CCOc1ccccc1/C=N\NC(=O)COc1cccc(C)c1. The van der Waals surface area contributed by atoms with Crippen LogP contribution in [0.3, 0.4) is 0 Å². The maximum atomic E-state index is 11.8. The summed E-state index contributed by atoms with van der Waals surface area (Å²) in [7, 11) is 0. The van der Waals surface area contributed by atoms with Gasteiger partial charge in [-0.15, -0.1) is 0 Å². The van der Waals surface area contributed by atoms with Crippen molar-refractivity contribution in [3.8, 4) is 11.5 Å². The zero-order valence-electron chi connectivity index (χ0n) is 13.6. The number of aryl methyl sites for hydroxylation is 1. The number of benzene rings is 2. The second-order valence-corrected chi connectivity index (χ2v) is 5.04. The Labute approximate surface area is 141 Å². The van der Waals surface area contributed by atoms with Crippen molar-refractivity contribution in [3.63, 3.8) is 0 Å². The number of nitrogens with one attached hydrogen (secondary N) is 1. The standard InChI is InChI=1S/C19H20N2O3/c1-3-11-23-18-10-5-4-8-16(18)13-20-21-19(22)14-24-17-9-6-7-15(2)12-17/h3-10,12-13H,1,11,14H2,2H3,(H,21,22)/b20-13-. The highest BCUT2D eigenvalue weighted by molar-refractivity contribution is 5.85. The minimum atomic E-state index is -0.336. The molecule has 0 fully saturated rings. The van der Waals surface area contributed by atoms with Gasteiger partial charge < -0.3 is 9.47 Å². The summed E-state index contributed by atoms with van der Waals surface area (Å²) in [6.45, 7) is 5.88. The lowest BCUT2D eigenvalue weighted by molar-refractivity contribution is -0.123. The van der Waals surface area contributed by atoms with Crippen molar-refractivity contribution in [1.82, 2.24) is 5.43 Å². The Morgan fingerprint density at radius 3 is 2.83 bits per heavy atom. The fraction of sp³-hybridized carbons (Fsp3) is 0.158. The van der Waals surface area contributed by atoms with E-state index in [0.29, 0.717) is 18.1 Å². The summed E-state index contributed by atoms with van der Waals surface area (Å²) in [6.07, 6.45) is 3.20. The highest BCUT2D eigenvalue weighted by atomic mass is 16.5. The molecule has 0 heterocycles. The van der Waals surface area contributed by atoms with Gasteiger partial charge in [0.25, 0.3) is 5.91 Å². The second-order valence-electron chi connectivity index (χ2n) is 5.04. The minimum absolute atomic E-state index is 0.102. The summed E-state index contributed by atoms with van der Waals surface area (Å²) < 4.78 is 10.9. The van der Waals surface area contributed by atoms with Gasteiger partial charge in [-0.25, -0.2) is 5.43 Å². The molecule has 5 heteroatoms. The molecule has 0 aliphatic carbocycles. The fourth-order valence-electron chi connectivity index (χ4n) is 1.93. The number of hydrogen-bond acceptors (Lipinski definition) is 4. The molecule has 124 valence electrons. The van der Waals surface area contributed by atoms with Crippen LogP contribution in [0.2, 0.25) is 0 Å². The number of carbonyl (C=O) groups excluding carboxylic acids is 1. The molecule has 0 aliphatic rings. The van der Waals surface area contributed by atoms with Crippen LogP contribution in [0.4, 0.5) is 0 Å². The molecule has 2 aromatic rings. The molecule has 0 atom stereocenters. The van der Waals surface area contributed by atoms with Gasteiger partial charge in [0.15, 0.2) is 6.61 Å². The van der Waals surface area contributed by atoms with Crippen molar-refractivity contribution in [2.45, 2.75) is 6.92 Å². The van der Waals surface area contributed by atoms with Crippen LogP contribution in [0, 0.1) is 6.92 Å². The maximum absolute atomic E-state index is 11.8. The predicted molar refractivity (Wildman–Crippen MR) is 94.5 cm³/mol. The third-order valence-electron chi connectivity index (χ3n) is 3.03. The summed E-state index contributed by atoms with van der Waals surface area (Å²) in [4.78, 5) is 11.8. The van der Waals surface area contributed by atoms with Gasteiger partial charge in [-0.05, 0) is 36.8 Å². The number of hydrazone groups is 1. The topological polar surface area (TPSA) is 59.9 Å². The predicted octanol–water partition coefficient (Wildman–Crippen LogP) is 3.09. The van der Waals surface area contributed by atoms with Gasteiger partial charge in [0.1, 0.15) is 18.1 Å². The lowest BCUT2D eigenvalue weighted by atomic mass is 10.2. The van der Waals surface area contributed by atoms with E-state index < -0.39 is 0 Å². The molecule has 24 heavy (non-hydrogen) atoms. The first-order valence-electron chi connectivity index (χ1n) is 7.53. The molecule has 0 spiro atoms. The molecule has 0 bridgehead atoms. The van der Waals surface area contributed by atoms with Gasteiger partial charge in [-0.3, -0.25) is 4.79 Å². The number of carbonyl (C=O) groups is 1. The van der Waals surface area contributed by atoms with Crippen molar-refractivity contribution in [1.29, 1.82) is 0 Å². The molecule has 5 nitrogen and oxygen atoms in total. The Morgan fingerprint density at radius 2 is 2.04 bits per heavy atom. The normalized spacial score (nSPS) is 10.4. The van der Waals surface area contributed by atoms with Crippen LogP contribution in [0.25, 0.3) is 0 Å². The van der Waals surface area contributed by atoms with Crippen LogP contribution in [0.5, 0.6) is 11.5 Å². The first-order valence-corrected chi connectivity index (χ1v) is 7.53. The summed E-state index contributed by atoms with van der Waals surface area (Å²) in [5.41, 5.74) is 4.26. The van der Waals surface area contributed by atoms with Crippen molar-refractivity contribution in [2.75, 3.05) is 13.2 Å². The van der Waals surface area contributed by atoms with Crippen molar-refractivity contribution >= 4 is 12.1 Å². The monoisotopic (exact) mass is 324 g/mol. The quantitative estimate of drug-likeness (QED) is 0.461. The number of para-hydroxylation sites is 1. The average molecular weight is 324 g/mol. The number of nitrogens with zero attached hydrogens (tertiary/aromatic N) is 1. The Morgan fingerprint density at radius 1 is 1.21 bits per heavy atom. The van der Waals surface area contributed by atoms with Gasteiger partial charge in [0.05, 0.1) is 6.21 Å². The second kappa shape index (κ2) is 9.15. The average Bonchev–Trinajstić information content (AvgIpc) is 2.59. The first kappa shape index (κ1) is 17.3. The lowest BCUT2D eigenvalue weighted by Gasteiger charge is -2.07. The van der Waals surface area contributed by atoms with E-state index in [1.54, 1.807) is 12.1 Å². The zero-order valence-corrected chi connectivity index (χ0v) is 13.6. The molecule has 0 aromatic heterocycles. The van der Waals surface area contributed by atoms with E-state index in [1.807, 2.05) is 49.4 Å². The van der Waals surface area contributed by atoms with Crippen LogP contribution in [0.1, 0.15) is 11.1 Å². The smallest absolute Gasteiger partial charge is 0.277 e.